The van der Waals surface area contributed by atoms with Crippen LogP contribution in [0.4, 0.5) is 5.69 Å². The Morgan fingerprint density at radius 2 is 1.68 bits per heavy atom. The monoisotopic (exact) mass is 296 g/mol. The zero-order valence-corrected chi connectivity index (χ0v) is 12.7. The SMILES string of the molecule is Cc1ccc2c(=O)n(-c3ccc(N(C)C)cc3)c(=O)oc2c1. The Balaban J connectivity index is 2.25. The van der Waals surface area contributed by atoms with E-state index in [4.69, 9.17) is 4.42 Å². The van der Waals surface area contributed by atoms with Crippen molar-refractivity contribution >= 4 is 16.7 Å². The standard InChI is InChI=1S/C17H16N2O3/c1-11-4-9-14-15(10-11)22-17(21)19(16(14)20)13-7-5-12(6-8-13)18(2)3/h4-10H,1-3H3. The van der Waals surface area contributed by atoms with Crippen molar-refractivity contribution in [1.82, 2.24) is 4.57 Å². The van der Waals surface area contributed by atoms with Gasteiger partial charge in [0.05, 0.1) is 11.1 Å². The van der Waals surface area contributed by atoms with Crippen LogP contribution in [0.5, 0.6) is 0 Å². The van der Waals surface area contributed by atoms with Gasteiger partial charge in [-0.25, -0.2) is 9.36 Å². The second-order valence-corrected chi connectivity index (χ2v) is 5.42. The lowest BCUT2D eigenvalue weighted by molar-refractivity contribution is 0.503. The fourth-order valence-corrected chi connectivity index (χ4v) is 2.36. The molecule has 5 heteroatoms. The lowest BCUT2D eigenvalue weighted by atomic mass is 10.2. The second-order valence-electron chi connectivity index (χ2n) is 5.42. The van der Waals surface area contributed by atoms with Crippen LogP contribution in [0.1, 0.15) is 5.56 Å². The van der Waals surface area contributed by atoms with Gasteiger partial charge in [0.15, 0.2) is 0 Å². The summed E-state index contributed by atoms with van der Waals surface area (Å²) in [6.07, 6.45) is 0. The molecule has 0 aliphatic heterocycles. The Labute approximate surface area is 127 Å². The molecule has 2 aromatic carbocycles. The molecule has 0 saturated heterocycles. The minimum atomic E-state index is -0.680. The fourth-order valence-electron chi connectivity index (χ4n) is 2.36. The molecular weight excluding hydrogens is 280 g/mol. The highest BCUT2D eigenvalue weighted by atomic mass is 16.4. The molecule has 0 bridgehead atoms. The zero-order chi connectivity index (χ0) is 15.9. The molecule has 1 aromatic heterocycles. The number of benzene rings is 2. The second kappa shape index (κ2) is 5.18. The number of aryl methyl sites for hydroxylation is 1. The first-order chi connectivity index (χ1) is 10.5. The van der Waals surface area contributed by atoms with Gasteiger partial charge in [0.25, 0.3) is 5.56 Å². The number of nitrogens with zero attached hydrogens (tertiary/aromatic N) is 2. The van der Waals surface area contributed by atoms with Crippen LogP contribution < -0.4 is 16.2 Å². The summed E-state index contributed by atoms with van der Waals surface area (Å²) < 4.78 is 6.34. The predicted octanol–water partition coefficient (Wildman–Crippen LogP) is 2.32. The van der Waals surface area contributed by atoms with Gasteiger partial charge in [-0.2, -0.15) is 0 Å². The molecule has 0 amide bonds. The molecule has 1 heterocycles. The number of hydrogen-bond acceptors (Lipinski definition) is 4. The first kappa shape index (κ1) is 14.1. The van der Waals surface area contributed by atoms with Gasteiger partial charge in [0.1, 0.15) is 5.58 Å². The third kappa shape index (κ3) is 2.30. The molecule has 5 nitrogen and oxygen atoms in total. The van der Waals surface area contributed by atoms with E-state index in [9.17, 15) is 9.59 Å². The summed E-state index contributed by atoms with van der Waals surface area (Å²) in [6, 6.07) is 12.4. The van der Waals surface area contributed by atoms with E-state index in [1.807, 2.05) is 44.1 Å². The van der Waals surface area contributed by atoms with Gasteiger partial charge in [-0.15, -0.1) is 0 Å². The molecule has 0 aliphatic rings. The third-order valence-corrected chi connectivity index (χ3v) is 3.57. The first-order valence-corrected chi connectivity index (χ1v) is 6.91. The first-order valence-electron chi connectivity index (χ1n) is 6.91. The van der Waals surface area contributed by atoms with Crippen molar-refractivity contribution in [3.63, 3.8) is 0 Å². The highest BCUT2D eigenvalue weighted by Gasteiger charge is 2.11. The topological polar surface area (TPSA) is 55.5 Å². The van der Waals surface area contributed by atoms with Crippen LogP contribution in [-0.2, 0) is 0 Å². The third-order valence-electron chi connectivity index (χ3n) is 3.57. The van der Waals surface area contributed by atoms with Crippen molar-refractivity contribution < 1.29 is 4.42 Å². The van der Waals surface area contributed by atoms with Gasteiger partial charge in [-0.05, 0) is 48.9 Å². The molecule has 3 rings (SSSR count). The lowest BCUT2D eigenvalue weighted by Crippen LogP contribution is -2.30. The average molecular weight is 296 g/mol. The van der Waals surface area contributed by atoms with Crippen LogP contribution in [-0.4, -0.2) is 18.7 Å². The fraction of sp³-hybridized carbons (Fsp3) is 0.176. The van der Waals surface area contributed by atoms with Crippen LogP contribution in [0, 0.1) is 6.92 Å². The van der Waals surface area contributed by atoms with E-state index in [0.717, 1.165) is 15.8 Å². The Bertz CT molecular complexity index is 950. The van der Waals surface area contributed by atoms with Crippen LogP contribution in [0.2, 0.25) is 0 Å². The van der Waals surface area contributed by atoms with Crippen molar-refractivity contribution in [2.24, 2.45) is 0 Å². The molecular formula is C17H16N2O3. The summed E-state index contributed by atoms with van der Waals surface area (Å²) in [4.78, 5) is 26.7. The predicted molar refractivity (Wildman–Crippen MR) is 87.1 cm³/mol. The number of aromatic nitrogens is 1. The molecule has 0 unspecified atom stereocenters. The van der Waals surface area contributed by atoms with Crippen LogP contribution in [0.3, 0.4) is 0 Å². The van der Waals surface area contributed by atoms with Gasteiger partial charge in [-0.3, -0.25) is 4.79 Å². The summed E-state index contributed by atoms with van der Waals surface area (Å²) in [5, 5.41) is 0.391. The Morgan fingerprint density at radius 1 is 1.00 bits per heavy atom. The Morgan fingerprint density at radius 3 is 2.32 bits per heavy atom. The van der Waals surface area contributed by atoms with E-state index >= 15 is 0 Å². The van der Waals surface area contributed by atoms with Crippen LogP contribution >= 0.6 is 0 Å². The van der Waals surface area contributed by atoms with Crippen LogP contribution in [0.15, 0.2) is 56.5 Å². The highest BCUT2D eigenvalue weighted by Crippen LogP contribution is 2.15. The maximum atomic E-state index is 12.6. The quantitative estimate of drug-likeness (QED) is 0.728. The maximum absolute atomic E-state index is 12.6. The molecule has 0 N–H and O–H groups in total. The van der Waals surface area contributed by atoms with E-state index in [2.05, 4.69) is 0 Å². The van der Waals surface area contributed by atoms with Crippen LogP contribution in [0.25, 0.3) is 16.7 Å². The molecule has 0 atom stereocenters. The van der Waals surface area contributed by atoms with Gasteiger partial charge >= 0.3 is 5.76 Å². The smallest absolute Gasteiger partial charge is 0.409 e. The molecule has 0 saturated carbocycles. The summed E-state index contributed by atoms with van der Waals surface area (Å²) >= 11 is 0. The molecule has 22 heavy (non-hydrogen) atoms. The lowest BCUT2D eigenvalue weighted by Gasteiger charge is -2.13. The normalized spacial score (nSPS) is 10.9. The van der Waals surface area contributed by atoms with Crippen molar-refractivity contribution in [2.75, 3.05) is 19.0 Å². The van der Waals surface area contributed by atoms with Gasteiger partial charge < -0.3 is 9.32 Å². The van der Waals surface area contributed by atoms with E-state index < -0.39 is 5.76 Å². The number of fused-ring (bicyclic) bond motifs is 1. The molecule has 0 aliphatic carbocycles. The molecule has 0 radical (unpaired) electrons. The molecule has 0 fully saturated rings. The minimum Gasteiger partial charge on any atom is -0.409 e. The van der Waals surface area contributed by atoms with E-state index in [1.165, 1.54) is 0 Å². The molecule has 0 spiro atoms. The summed E-state index contributed by atoms with van der Waals surface area (Å²) in [7, 11) is 3.85. The zero-order valence-electron chi connectivity index (χ0n) is 12.7. The minimum absolute atomic E-state index is 0.316. The largest absolute Gasteiger partial charge is 0.426 e. The average Bonchev–Trinajstić information content (AvgIpc) is 2.47. The van der Waals surface area contributed by atoms with Crippen molar-refractivity contribution in [3.05, 3.63) is 68.9 Å². The Kier molecular flexibility index (Phi) is 3.33. The van der Waals surface area contributed by atoms with E-state index in [-0.39, 0.29) is 5.56 Å². The summed E-state index contributed by atoms with van der Waals surface area (Å²) in [5.74, 6) is -0.680. The highest BCUT2D eigenvalue weighted by molar-refractivity contribution is 5.76. The van der Waals surface area contributed by atoms with Crippen molar-refractivity contribution in [2.45, 2.75) is 6.92 Å². The number of rotatable bonds is 2. The summed E-state index contributed by atoms with van der Waals surface area (Å²) in [5.41, 5.74) is 2.35. The Hall–Kier alpha value is -2.82. The molecule has 112 valence electrons. The van der Waals surface area contributed by atoms with Crippen molar-refractivity contribution in [1.29, 1.82) is 0 Å². The van der Waals surface area contributed by atoms with Gasteiger partial charge in [-0.1, -0.05) is 6.07 Å². The molecule has 3 aromatic rings. The van der Waals surface area contributed by atoms with Gasteiger partial charge in [0.2, 0.25) is 0 Å². The number of anilines is 1. The summed E-state index contributed by atoms with van der Waals surface area (Å²) in [6.45, 7) is 1.88. The van der Waals surface area contributed by atoms with E-state index in [1.54, 1.807) is 24.3 Å². The van der Waals surface area contributed by atoms with E-state index in [0.29, 0.717) is 16.7 Å². The maximum Gasteiger partial charge on any atom is 0.426 e. The van der Waals surface area contributed by atoms with Crippen molar-refractivity contribution in [3.8, 4) is 5.69 Å². The van der Waals surface area contributed by atoms with Gasteiger partial charge in [0, 0.05) is 19.8 Å². The number of hydrogen-bond donors (Lipinski definition) is 0.